The topological polar surface area (TPSA) is 9.23 Å². The highest BCUT2D eigenvalue weighted by molar-refractivity contribution is 5.25. The molecule has 0 aromatic rings. The van der Waals surface area contributed by atoms with Crippen LogP contribution in [0.5, 0.6) is 0 Å². The Balaban J connectivity index is 1.40. The van der Waals surface area contributed by atoms with Gasteiger partial charge in [0, 0.05) is 0 Å². The molecule has 0 spiro atoms. The van der Waals surface area contributed by atoms with E-state index in [-0.39, 0.29) is 0 Å². The minimum atomic E-state index is 0.450. The monoisotopic (exact) mass is 472 g/mol. The third-order valence-corrected chi connectivity index (χ3v) is 11.4. The quantitative estimate of drug-likeness (QED) is 0.243. The lowest BCUT2D eigenvalue weighted by Crippen LogP contribution is -2.51. The summed E-state index contributed by atoms with van der Waals surface area (Å²) >= 11 is 0. The van der Waals surface area contributed by atoms with Gasteiger partial charge in [-0.25, -0.2) is 0 Å². The van der Waals surface area contributed by atoms with Crippen LogP contribution < -0.4 is 0 Å². The van der Waals surface area contributed by atoms with Crippen molar-refractivity contribution in [3.63, 3.8) is 0 Å². The van der Waals surface area contributed by atoms with Crippen LogP contribution >= 0.6 is 0 Å². The molecule has 196 valence electrons. The largest absolute Gasteiger partial charge is 0.372 e. The first-order valence-corrected chi connectivity index (χ1v) is 15.1. The van der Waals surface area contributed by atoms with Gasteiger partial charge in [-0.1, -0.05) is 65.5 Å². The molecule has 0 aliphatic heterocycles. The molecule has 0 aromatic carbocycles. The molecule has 0 unspecified atom stereocenters. The van der Waals surface area contributed by atoms with Crippen molar-refractivity contribution in [2.45, 2.75) is 111 Å². The lowest BCUT2D eigenvalue weighted by atomic mass is 9.47. The molecule has 4 rings (SSSR count). The van der Waals surface area contributed by atoms with Gasteiger partial charge in [0.15, 0.2) is 0 Å². The Morgan fingerprint density at radius 3 is 2.44 bits per heavy atom. The lowest BCUT2D eigenvalue weighted by molar-refractivity contribution is -0.870. The third-order valence-electron chi connectivity index (χ3n) is 11.4. The van der Waals surface area contributed by atoms with E-state index in [1.54, 1.807) is 5.57 Å². The van der Waals surface area contributed by atoms with E-state index in [1.807, 2.05) is 0 Å². The molecule has 0 heterocycles. The highest BCUT2D eigenvalue weighted by Crippen LogP contribution is 2.67. The molecule has 3 fully saturated rings. The highest BCUT2D eigenvalue weighted by atomic mass is 16.5. The molecule has 2 nitrogen and oxygen atoms in total. The van der Waals surface area contributed by atoms with Crippen molar-refractivity contribution in [1.82, 2.24) is 0 Å². The van der Waals surface area contributed by atoms with Gasteiger partial charge in [0.25, 0.3) is 0 Å². The summed E-state index contributed by atoms with van der Waals surface area (Å²) in [5, 5.41) is 0. The Morgan fingerprint density at radius 2 is 1.74 bits per heavy atom. The van der Waals surface area contributed by atoms with Crippen LogP contribution in [0.15, 0.2) is 11.6 Å². The van der Waals surface area contributed by atoms with Crippen molar-refractivity contribution in [2.24, 2.45) is 46.3 Å². The minimum Gasteiger partial charge on any atom is -0.372 e. The second-order valence-corrected chi connectivity index (χ2v) is 15.0. The summed E-state index contributed by atoms with van der Waals surface area (Å²) < 4.78 is 7.40. The number of hydrogen-bond acceptors (Lipinski definition) is 1. The van der Waals surface area contributed by atoms with Crippen LogP contribution in [0.25, 0.3) is 0 Å². The number of quaternary nitrogens is 1. The summed E-state index contributed by atoms with van der Waals surface area (Å²) in [6.45, 7) is 14.8. The molecule has 0 N–H and O–H groups in total. The van der Waals surface area contributed by atoms with E-state index in [0.29, 0.717) is 16.9 Å². The minimum absolute atomic E-state index is 0.450. The Kier molecular flexibility index (Phi) is 8.01. The van der Waals surface area contributed by atoms with Crippen molar-refractivity contribution in [3.05, 3.63) is 11.6 Å². The predicted octanol–water partition coefficient (Wildman–Crippen LogP) is 8.12. The first-order chi connectivity index (χ1) is 15.9. The summed E-state index contributed by atoms with van der Waals surface area (Å²) in [6, 6.07) is 0. The molecule has 4 aliphatic rings. The maximum Gasteiger partial charge on any atom is 0.102 e. The van der Waals surface area contributed by atoms with Gasteiger partial charge in [-0.2, -0.15) is 0 Å². The molecular formula is C32H58NO+. The Labute approximate surface area is 212 Å². The predicted molar refractivity (Wildman–Crippen MR) is 146 cm³/mol. The van der Waals surface area contributed by atoms with Crippen LogP contribution in [-0.4, -0.2) is 44.9 Å². The maximum absolute atomic E-state index is 6.41. The summed E-state index contributed by atoms with van der Waals surface area (Å²) in [5.41, 5.74) is 2.83. The van der Waals surface area contributed by atoms with Gasteiger partial charge in [0.1, 0.15) is 6.54 Å². The van der Waals surface area contributed by atoms with Gasteiger partial charge >= 0.3 is 0 Å². The van der Waals surface area contributed by atoms with Gasteiger partial charge in [-0.15, -0.1) is 0 Å². The van der Waals surface area contributed by atoms with Crippen LogP contribution in [0, 0.1) is 46.3 Å². The van der Waals surface area contributed by atoms with Crippen molar-refractivity contribution >= 4 is 0 Å². The van der Waals surface area contributed by atoms with Gasteiger partial charge in [-0.05, 0) is 97.7 Å². The molecule has 0 amide bonds. The molecule has 34 heavy (non-hydrogen) atoms. The SMILES string of the molecule is CC(C)CCC[C@@H](C)[C@H]1CC[C@H]2[C@@H]3CC=C4C[C@@H](OCC[N+](C)(C)C)CC[C@]4(C)[C@H]3CC[C@]12C. The average molecular weight is 473 g/mol. The second-order valence-electron chi connectivity index (χ2n) is 15.0. The lowest BCUT2D eigenvalue weighted by Gasteiger charge is -2.58. The molecule has 4 aliphatic carbocycles. The van der Waals surface area contributed by atoms with E-state index in [2.05, 4.69) is 61.8 Å². The zero-order valence-electron chi connectivity index (χ0n) is 24.2. The van der Waals surface area contributed by atoms with Crippen LogP contribution in [-0.2, 0) is 4.74 Å². The Morgan fingerprint density at radius 1 is 0.971 bits per heavy atom. The van der Waals surface area contributed by atoms with Crippen molar-refractivity contribution in [2.75, 3.05) is 34.3 Å². The van der Waals surface area contributed by atoms with E-state index in [4.69, 9.17) is 4.74 Å². The summed E-state index contributed by atoms with van der Waals surface area (Å²) in [4.78, 5) is 0. The molecular weight excluding hydrogens is 414 g/mol. The van der Waals surface area contributed by atoms with Crippen LogP contribution in [0.3, 0.4) is 0 Å². The molecule has 0 aromatic heterocycles. The van der Waals surface area contributed by atoms with Crippen molar-refractivity contribution in [1.29, 1.82) is 0 Å². The van der Waals surface area contributed by atoms with E-state index in [0.717, 1.165) is 53.1 Å². The highest BCUT2D eigenvalue weighted by Gasteiger charge is 2.59. The fourth-order valence-corrected chi connectivity index (χ4v) is 9.29. The standard InChI is InChI=1S/C32H58NO/c1-23(2)10-9-11-24(3)28-14-15-29-27-13-12-25-22-26(34-21-20-33(6,7)8)16-18-31(25,4)30(27)17-19-32(28,29)5/h12,23-24,26-30H,9-11,13-22H2,1-8H3/q+1/t24-,26+,27+,28-,29+,30+,31+,32-/m1/s1. The fraction of sp³-hybridized carbons (Fsp3) is 0.938. The first-order valence-electron chi connectivity index (χ1n) is 15.1. The zero-order chi connectivity index (χ0) is 24.7. The fourth-order valence-electron chi connectivity index (χ4n) is 9.29. The number of allylic oxidation sites excluding steroid dienone is 1. The summed E-state index contributed by atoms with van der Waals surface area (Å²) in [6.07, 6.45) is 18.6. The van der Waals surface area contributed by atoms with Gasteiger partial charge in [-0.3, -0.25) is 0 Å². The summed E-state index contributed by atoms with van der Waals surface area (Å²) in [5.74, 6) is 5.57. The number of rotatable bonds is 9. The van der Waals surface area contributed by atoms with Crippen LogP contribution in [0.2, 0.25) is 0 Å². The van der Waals surface area contributed by atoms with Gasteiger partial charge < -0.3 is 9.22 Å². The second kappa shape index (κ2) is 10.2. The smallest absolute Gasteiger partial charge is 0.102 e. The number of hydrogen-bond donors (Lipinski definition) is 0. The van der Waals surface area contributed by atoms with E-state index < -0.39 is 0 Å². The van der Waals surface area contributed by atoms with Crippen molar-refractivity contribution < 1.29 is 9.22 Å². The number of ether oxygens (including phenoxy) is 1. The Hall–Kier alpha value is -0.340. The number of nitrogens with zero attached hydrogens (tertiary/aromatic N) is 1. The first kappa shape index (κ1) is 26.7. The van der Waals surface area contributed by atoms with E-state index in [9.17, 15) is 0 Å². The van der Waals surface area contributed by atoms with Crippen LogP contribution in [0.1, 0.15) is 105 Å². The number of fused-ring (bicyclic) bond motifs is 5. The maximum atomic E-state index is 6.41. The average Bonchev–Trinajstić information content (AvgIpc) is 3.10. The molecule has 8 atom stereocenters. The third kappa shape index (κ3) is 5.34. The van der Waals surface area contributed by atoms with Crippen molar-refractivity contribution in [3.8, 4) is 0 Å². The molecule has 2 heteroatoms. The molecule has 3 saturated carbocycles. The van der Waals surface area contributed by atoms with Gasteiger partial charge in [0.05, 0.1) is 33.9 Å². The number of likely N-dealkylation sites (N-methyl/N-ethyl adjacent to an activating group) is 1. The molecule has 0 bridgehead atoms. The summed E-state index contributed by atoms with van der Waals surface area (Å²) in [7, 11) is 6.80. The molecule has 0 radical (unpaired) electrons. The van der Waals surface area contributed by atoms with E-state index in [1.165, 1.54) is 70.6 Å². The normalized spacial score (nSPS) is 41.0. The molecule has 0 saturated heterocycles. The van der Waals surface area contributed by atoms with Crippen LogP contribution in [0.4, 0.5) is 0 Å². The zero-order valence-corrected chi connectivity index (χ0v) is 24.2. The van der Waals surface area contributed by atoms with Gasteiger partial charge in [0.2, 0.25) is 0 Å². The Bertz CT molecular complexity index is 719. The van der Waals surface area contributed by atoms with E-state index >= 15 is 0 Å².